The van der Waals surface area contributed by atoms with Crippen LogP contribution in [0.2, 0.25) is 0 Å². The number of amides is 1. The number of methoxy groups -OCH3 is 1. The summed E-state index contributed by atoms with van der Waals surface area (Å²) in [5, 5.41) is 2.74. The molecular formula is C12H14N4O2. The fourth-order valence-electron chi connectivity index (χ4n) is 1.53. The van der Waals surface area contributed by atoms with E-state index in [2.05, 4.69) is 15.3 Å². The molecule has 6 heteroatoms. The summed E-state index contributed by atoms with van der Waals surface area (Å²) in [4.78, 5) is 18.8. The molecule has 18 heavy (non-hydrogen) atoms. The Morgan fingerprint density at radius 2 is 2.33 bits per heavy atom. The van der Waals surface area contributed by atoms with Gasteiger partial charge in [0.2, 0.25) is 0 Å². The molecule has 2 aromatic rings. The largest absolute Gasteiger partial charge is 0.497 e. The lowest BCUT2D eigenvalue weighted by Crippen LogP contribution is -2.23. The standard InChI is InChI=1S/C12H14N4O2/c1-18-10-5-8(4-9(13)6-10)12(17)16-7-11-14-2-3-15-11/h2-6H,7,13H2,1H3,(H,14,15)(H,16,17). The second-order valence-corrected chi connectivity index (χ2v) is 3.71. The van der Waals surface area contributed by atoms with E-state index in [0.717, 1.165) is 0 Å². The minimum atomic E-state index is -0.225. The molecule has 1 amide bonds. The van der Waals surface area contributed by atoms with E-state index in [1.807, 2.05) is 0 Å². The van der Waals surface area contributed by atoms with Crippen LogP contribution in [0.3, 0.4) is 0 Å². The summed E-state index contributed by atoms with van der Waals surface area (Å²) in [6, 6.07) is 4.89. The Bertz CT molecular complexity index is 537. The summed E-state index contributed by atoms with van der Waals surface area (Å²) in [6.07, 6.45) is 3.33. The normalized spacial score (nSPS) is 10.1. The number of anilines is 1. The molecule has 0 aliphatic heterocycles. The van der Waals surface area contributed by atoms with Crippen LogP contribution in [0.5, 0.6) is 5.75 Å². The van der Waals surface area contributed by atoms with Crippen LogP contribution >= 0.6 is 0 Å². The van der Waals surface area contributed by atoms with Gasteiger partial charge in [-0.15, -0.1) is 0 Å². The number of hydrogen-bond acceptors (Lipinski definition) is 4. The topological polar surface area (TPSA) is 93.0 Å². The highest BCUT2D eigenvalue weighted by atomic mass is 16.5. The number of nitrogens with one attached hydrogen (secondary N) is 2. The van der Waals surface area contributed by atoms with Crippen LogP contribution in [-0.2, 0) is 6.54 Å². The molecule has 1 aromatic carbocycles. The van der Waals surface area contributed by atoms with Crippen molar-refractivity contribution in [1.29, 1.82) is 0 Å². The van der Waals surface area contributed by atoms with Crippen LogP contribution < -0.4 is 15.8 Å². The molecule has 0 bridgehead atoms. The van der Waals surface area contributed by atoms with E-state index >= 15 is 0 Å². The Morgan fingerprint density at radius 1 is 1.50 bits per heavy atom. The molecule has 0 saturated heterocycles. The van der Waals surface area contributed by atoms with E-state index < -0.39 is 0 Å². The smallest absolute Gasteiger partial charge is 0.251 e. The van der Waals surface area contributed by atoms with Crippen molar-refractivity contribution in [2.24, 2.45) is 0 Å². The van der Waals surface area contributed by atoms with Crippen molar-refractivity contribution in [1.82, 2.24) is 15.3 Å². The Hall–Kier alpha value is -2.50. The van der Waals surface area contributed by atoms with Crippen LogP contribution in [0, 0.1) is 0 Å². The SMILES string of the molecule is COc1cc(N)cc(C(=O)NCc2ncc[nH]2)c1. The Balaban J connectivity index is 2.06. The Labute approximate surface area is 104 Å². The molecule has 0 unspecified atom stereocenters. The number of H-pyrrole nitrogens is 1. The predicted molar refractivity (Wildman–Crippen MR) is 67.2 cm³/mol. The van der Waals surface area contributed by atoms with Crippen molar-refractivity contribution < 1.29 is 9.53 Å². The van der Waals surface area contributed by atoms with Gasteiger partial charge in [0.25, 0.3) is 5.91 Å². The first-order valence-electron chi connectivity index (χ1n) is 5.40. The second kappa shape index (κ2) is 5.22. The van der Waals surface area contributed by atoms with Gasteiger partial charge in [0.05, 0.1) is 13.7 Å². The van der Waals surface area contributed by atoms with Crippen molar-refractivity contribution in [3.8, 4) is 5.75 Å². The molecule has 0 aliphatic carbocycles. The zero-order valence-electron chi connectivity index (χ0n) is 9.93. The second-order valence-electron chi connectivity index (χ2n) is 3.71. The Kier molecular flexibility index (Phi) is 3.47. The molecule has 0 radical (unpaired) electrons. The average Bonchev–Trinajstić information content (AvgIpc) is 2.88. The maximum Gasteiger partial charge on any atom is 0.251 e. The number of ether oxygens (including phenoxy) is 1. The van der Waals surface area contributed by atoms with E-state index in [-0.39, 0.29) is 5.91 Å². The molecule has 4 N–H and O–H groups in total. The van der Waals surface area contributed by atoms with E-state index in [1.54, 1.807) is 30.6 Å². The van der Waals surface area contributed by atoms with E-state index in [1.165, 1.54) is 7.11 Å². The molecule has 6 nitrogen and oxygen atoms in total. The van der Waals surface area contributed by atoms with Gasteiger partial charge in [-0.25, -0.2) is 4.98 Å². The fraction of sp³-hybridized carbons (Fsp3) is 0.167. The number of aromatic amines is 1. The van der Waals surface area contributed by atoms with Crippen molar-refractivity contribution in [2.45, 2.75) is 6.54 Å². The molecule has 0 atom stereocenters. The van der Waals surface area contributed by atoms with Gasteiger partial charge in [0, 0.05) is 29.7 Å². The number of imidazole rings is 1. The molecule has 1 aromatic heterocycles. The lowest BCUT2D eigenvalue weighted by molar-refractivity contribution is 0.0949. The minimum absolute atomic E-state index is 0.225. The summed E-state index contributed by atoms with van der Waals surface area (Å²) in [5.74, 6) is 1.02. The number of nitrogen functional groups attached to an aromatic ring is 1. The lowest BCUT2D eigenvalue weighted by atomic mass is 10.1. The maximum absolute atomic E-state index is 11.9. The van der Waals surface area contributed by atoms with Gasteiger partial charge in [-0.2, -0.15) is 0 Å². The van der Waals surface area contributed by atoms with E-state index in [4.69, 9.17) is 10.5 Å². The number of hydrogen-bond donors (Lipinski definition) is 3. The number of rotatable bonds is 4. The third kappa shape index (κ3) is 2.79. The fourth-order valence-corrected chi connectivity index (χ4v) is 1.53. The van der Waals surface area contributed by atoms with Crippen LogP contribution in [0.15, 0.2) is 30.6 Å². The predicted octanol–water partition coefficient (Wildman–Crippen LogP) is 0.930. The maximum atomic E-state index is 11.9. The molecule has 1 heterocycles. The van der Waals surface area contributed by atoms with Crippen molar-refractivity contribution >= 4 is 11.6 Å². The van der Waals surface area contributed by atoms with Gasteiger partial charge >= 0.3 is 0 Å². The quantitative estimate of drug-likeness (QED) is 0.700. The molecule has 0 aliphatic rings. The van der Waals surface area contributed by atoms with Gasteiger partial charge in [0.15, 0.2) is 0 Å². The monoisotopic (exact) mass is 246 g/mol. The third-order valence-corrected chi connectivity index (χ3v) is 2.40. The highest BCUT2D eigenvalue weighted by molar-refractivity contribution is 5.95. The molecule has 0 saturated carbocycles. The van der Waals surface area contributed by atoms with Crippen molar-refractivity contribution in [3.63, 3.8) is 0 Å². The highest BCUT2D eigenvalue weighted by Gasteiger charge is 2.08. The van der Waals surface area contributed by atoms with Gasteiger partial charge in [-0.3, -0.25) is 4.79 Å². The molecule has 0 spiro atoms. The van der Waals surface area contributed by atoms with Crippen LogP contribution in [0.25, 0.3) is 0 Å². The first-order valence-corrected chi connectivity index (χ1v) is 5.40. The summed E-state index contributed by atoms with van der Waals surface area (Å²) in [7, 11) is 1.53. The van der Waals surface area contributed by atoms with Gasteiger partial charge in [0.1, 0.15) is 11.6 Å². The molecule has 94 valence electrons. The average molecular weight is 246 g/mol. The zero-order valence-corrected chi connectivity index (χ0v) is 9.93. The number of carbonyl (C=O) groups excluding carboxylic acids is 1. The summed E-state index contributed by atoms with van der Waals surface area (Å²) in [6.45, 7) is 0.336. The van der Waals surface area contributed by atoms with Crippen molar-refractivity contribution in [3.05, 3.63) is 42.0 Å². The van der Waals surface area contributed by atoms with Gasteiger partial charge in [-0.1, -0.05) is 0 Å². The van der Waals surface area contributed by atoms with E-state index in [9.17, 15) is 4.79 Å². The summed E-state index contributed by atoms with van der Waals surface area (Å²) >= 11 is 0. The zero-order chi connectivity index (χ0) is 13.0. The lowest BCUT2D eigenvalue weighted by Gasteiger charge is -2.07. The van der Waals surface area contributed by atoms with Gasteiger partial charge < -0.3 is 20.8 Å². The number of nitrogens with zero attached hydrogens (tertiary/aromatic N) is 1. The number of aromatic nitrogens is 2. The van der Waals surface area contributed by atoms with Crippen LogP contribution in [0.4, 0.5) is 5.69 Å². The highest BCUT2D eigenvalue weighted by Crippen LogP contribution is 2.18. The van der Waals surface area contributed by atoms with E-state index in [0.29, 0.717) is 29.4 Å². The number of nitrogens with two attached hydrogens (primary N) is 1. The minimum Gasteiger partial charge on any atom is -0.497 e. The number of carbonyl (C=O) groups is 1. The van der Waals surface area contributed by atoms with Crippen LogP contribution in [0.1, 0.15) is 16.2 Å². The third-order valence-electron chi connectivity index (χ3n) is 2.40. The molecule has 2 rings (SSSR count). The molecular weight excluding hydrogens is 232 g/mol. The van der Waals surface area contributed by atoms with Crippen LogP contribution in [-0.4, -0.2) is 23.0 Å². The Morgan fingerprint density at radius 3 is 3.00 bits per heavy atom. The first-order chi connectivity index (χ1) is 8.69. The van der Waals surface area contributed by atoms with Crippen molar-refractivity contribution in [2.75, 3.05) is 12.8 Å². The number of benzene rings is 1. The summed E-state index contributed by atoms with van der Waals surface area (Å²) in [5.41, 5.74) is 6.63. The summed E-state index contributed by atoms with van der Waals surface area (Å²) < 4.78 is 5.06. The van der Waals surface area contributed by atoms with Gasteiger partial charge in [-0.05, 0) is 12.1 Å². The first kappa shape index (κ1) is 12.0. The molecule has 0 fully saturated rings.